The molecule has 1 aliphatic heterocycles. The van der Waals surface area contributed by atoms with Gasteiger partial charge in [0.1, 0.15) is 6.04 Å². The van der Waals surface area contributed by atoms with Gasteiger partial charge in [-0.1, -0.05) is 25.1 Å². The number of amides is 2. The van der Waals surface area contributed by atoms with Crippen LogP contribution in [0, 0.1) is 0 Å². The maximum atomic E-state index is 12.6. The molecule has 0 spiro atoms. The summed E-state index contributed by atoms with van der Waals surface area (Å²) in [5, 5.41) is 6.23. The highest BCUT2D eigenvalue weighted by Gasteiger charge is 2.27. The highest BCUT2D eigenvalue weighted by Crippen LogP contribution is 2.14. The Morgan fingerprint density at radius 1 is 1.33 bits per heavy atom. The molecule has 134 valence electrons. The second-order valence-electron chi connectivity index (χ2n) is 6.12. The van der Waals surface area contributed by atoms with Crippen molar-refractivity contribution >= 4 is 29.9 Å². The van der Waals surface area contributed by atoms with Crippen molar-refractivity contribution in [2.75, 3.05) is 18.4 Å². The van der Waals surface area contributed by atoms with Crippen LogP contribution in [0.15, 0.2) is 30.3 Å². The van der Waals surface area contributed by atoms with Gasteiger partial charge in [0.05, 0.1) is 0 Å². The zero-order valence-corrected chi connectivity index (χ0v) is 15.3. The van der Waals surface area contributed by atoms with Gasteiger partial charge in [-0.25, -0.2) is 0 Å². The number of nitrogens with one attached hydrogen (secondary N) is 2. The third-order valence-electron chi connectivity index (χ3n) is 4.26. The van der Waals surface area contributed by atoms with E-state index >= 15 is 0 Å². The molecular formula is C18H28ClN3O2. The van der Waals surface area contributed by atoms with Gasteiger partial charge >= 0.3 is 0 Å². The van der Waals surface area contributed by atoms with Crippen molar-refractivity contribution in [3.63, 3.8) is 0 Å². The highest BCUT2D eigenvalue weighted by atomic mass is 35.5. The first-order chi connectivity index (χ1) is 11.1. The average molecular weight is 354 g/mol. The minimum absolute atomic E-state index is 0. The van der Waals surface area contributed by atoms with Gasteiger partial charge in [0, 0.05) is 24.7 Å². The molecule has 0 aromatic heterocycles. The Hall–Kier alpha value is -1.59. The molecule has 1 aromatic carbocycles. The number of para-hydroxylation sites is 1. The van der Waals surface area contributed by atoms with Crippen LogP contribution in [0.25, 0.3) is 0 Å². The Labute approximate surface area is 150 Å². The van der Waals surface area contributed by atoms with Crippen molar-refractivity contribution in [2.24, 2.45) is 0 Å². The summed E-state index contributed by atoms with van der Waals surface area (Å²) in [7, 11) is 0. The zero-order chi connectivity index (χ0) is 16.7. The summed E-state index contributed by atoms with van der Waals surface area (Å²) in [6, 6.07) is 9.14. The molecule has 0 bridgehead atoms. The lowest BCUT2D eigenvalue weighted by molar-refractivity contribution is -0.138. The molecule has 24 heavy (non-hydrogen) atoms. The lowest BCUT2D eigenvalue weighted by Crippen LogP contribution is -2.47. The van der Waals surface area contributed by atoms with Gasteiger partial charge in [0.25, 0.3) is 0 Å². The molecule has 2 atom stereocenters. The number of nitrogens with zero attached hydrogens (tertiary/aromatic N) is 1. The number of halogens is 1. The first kappa shape index (κ1) is 20.5. The van der Waals surface area contributed by atoms with Crippen LogP contribution < -0.4 is 10.6 Å². The second-order valence-corrected chi connectivity index (χ2v) is 6.12. The first-order valence-corrected chi connectivity index (χ1v) is 8.50. The van der Waals surface area contributed by atoms with Gasteiger partial charge in [0.15, 0.2) is 0 Å². The minimum Gasteiger partial charge on any atom is -0.331 e. The smallest absolute Gasteiger partial charge is 0.246 e. The maximum absolute atomic E-state index is 12.6. The van der Waals surface area contributed by atoms with Crippen LogP contribution in [-0.2, 0) is 9.59 Å². The Bertz CT molecular complexity index is 518. The van der Waals surface area contributed by atoms with Crippen molar-refractivity contribution in [1.82, 2.24) is 10.2 Å². The topological polar surface area (TPSA) is 61.4 Å². The summed E-state index contributed by atoms with van der Waals surface area (Å²) in [6.07, 6.45) is 3.47. The molecule has 1 aromatic rings. The Morgan fingerprint density at radius 3 is 2.62 bits per heavy atom. The van der Waals surface area contributed by atoms with Crippen molar-refractivity contribution < 1.29 is 9.59 Å². The third kappa shape index (κ3) is 5.80. The molecule has 1 heterocycles. The van der Waals surface area contributed by atoms with Gasteiger partial charge < -0.3 is 15.5 Å². The van der Waals surface area contributed by atoms with Crippen LogP contribution in [0.5, 0.6) is 0 Å². The molecular weight excluding hydrogens is 326 g/mol. The van der Waals surface area contributed by atoms with Crippen molar-refractivity contribution in [1.29, 1.82) is 0 Å². The van der Waals surface area contributed by atoms with E-state index in [1.165, 1.54) is 0 Å². The van der Waals surface area contributed by atoms with Gasteiger partial charge in [0.2, 0.25) is 11.8 Å². The van der Waals surface area contributed by atoms with Gasteiger partial charge in [-0.05, 0) is 44.9 Å². The molecule has 5 nitrogen and oxygen atoms in total. The fraction of sp³-hybridized carbons (Fsp3) is 0.556. The standard InChI is InChI=1S/C18H27N3O2.ClH/c1-3-12-21(17(22)13-16-10-7-11-19-16)14(2)18(23)20-15-8-5-4-6-9-15;/h4-6,8-9,14,16,19H,3,7,10-13H2,1-2H3,(H,20,23);1H. The monoisotopic (exact) mass is 353 g/mol. The van der Waals surface area contributed by atoms with E-state index in [9.17, 15) is 9.59 Å². The minimum atomic E-state index is -0.468. The molecule has 1 aliphatic rings. The molecule has 2 N–H and O–H groups in total. The molecule has 0 saturated carbocycles. The van der Waals surface area contributed by atoms with Gasteiger partial charge in [-0.2, -0.15) is 0 Å². The van der Waals surface area contributed by atoms with Crippen LogP contribution in [0.3, 0.4) is 0 Å². The predicted molar refractivity (Wildman–Crippen MR) is 99.4 cm³/mol. The molecule has 1 saturated heterocycles. The van der Waals surface area contributed by atoms with Crippen LogP contribution in [0.4, 0.5) is 5.69 Å². The Morgan fingerprint density at radius 2 is 2.04 bits per heavy atom. The quantitative estimate of drug-likeness (QED) is 0.792. The Kier molecular flexibility index (Phi) is 8.79. The summed E-state index contributed by atoms with van der Waals surface area (Å²) in [4.78, 5) is 26.7. The van der Waals surface area contributed by atoms with Crippen molar-refractivity contribution in [2.45, 2.75) is 51.6 Å². The summed E-state index contributed by atoms with van der Waals surface area (Å²) in [5.74, 6) is -0.0839. The lowest BCUT2D eigenvalue weighted by atomic mass is 10.1. The van der Waals surface area contributed by atoms with Crippen LogP contribution in [0.2, 0.25) is 0 Å². The number of carbonyl (C=O) groups excluding carboxylic acids is 2. The summed E-state index contributed by atoms with van der Waals surface area (Å²) < 4.78 is 0. The molecule has 2 unspecified atom stereocenters. The van der Waals surface area contributed by atoms with Crippen LogP contribution in [-0.4, -0.2) is 41.9 Å². The number of carbonyl (C=O) groups is 2. The summed E-state index contributed by atoms with van der Waals surface area (Å²) >= 11 is 0. The molecule has 0 aliphatic carbocycles. The highest BCUT2D eigenvalue weighted by molar-refractivity contribution is 5.96. The third-order valence-corrected chi connectivity index (χ3v) is 4.26. The maximum Gasteiger partial charge on any atom is 0.246 e. The largest absolute Gasteiger partial charge is 0.331 e. The van der Waals surface area contributed by atoms with Gasteiger partial charge in [-0.3, -0.25) is 9.59 Å². The Balaban J connectivity index is 0.00000288. The van der Waals surface area contributed by atoms with E-state index in [4.69, 9.17) is 0 Å². The molecule has 2 amide bonds. The fourth-order valence-electron chi connectivity index (χ4n) is 2.94. The van der Waals surface area contributed by atoms with E-state index in [1.807, 2.05) is 37.3 Å². The summed E-state index contributed by atoms with van der Waals surface area (Å²) in [6.45, 7) is 5.41. The van der Waals surface area contributed by atoms with Crippen molar-refractivity contribution in [3.8, 4) is 0 Å². The van der Waals surface area contributed by atoms with Crippen LogP contribution in [0.1, 0.15) is 39.5 Å². The number of hydrogen-bond acceptors (Lipinski definition) is 3. The average Bonchev–Trinajstić information content (AvgIpc) is 3.05. The van der Waals surface area contributed by atoms with E-state index < -0.39 is 6.04 Å². The number of benzene rings is 1. The first-order valence-electron chi connectivity index (χ1n) is 8.50. The van der Waals surface area contributed by atoms with E-state index in [0.717, 1.165) is 31.5 Å². The number of hydrogen-bond donors (Lipinski definition) is 2. The normalized spacial score (nSPS) is 17.7. The molecule has 0 radical (unpaired) electrons. The van der Waals surface area contributed by atoms with E-state index in [1.54, 1.807) is 11.8 Å². The summed E-state index contributed by atoms with van der Waals surface area (Å²) in [5.41, 5.74) is 0.755. The predicted octanol–water partition coefficient (Wildman–Crippen LogP) is 2.82. The molecule has 1 fully saturated rings. The number of rotatable bonds is 7. The van der Waals surface area contributed by atoms with E-state index in [-0.39, 0.29) is 30.3 Å². The van der Waals surface area contributed by atoms with Crippen molar-refractivity contribution in [3.05, 3.63) is 30.3 Å². The number of anilines is 1. The molecule has 6 heteroatoms. The zero-order valence-electron chi connectivity index (χ0n) is 14.5. The van der Waals surface area contributed by atoms with Gasteiger partial charge in [-0.15, -0.1) is 12.4 Å². The van der Waals surface area contributed by atoms with E-state index in [2.05, 4.69) is 10.6 Å². The lowest BCUT2D eigenvalue weighted by Gasteiger charge is -2.29. The molecule has 2 rings (SSSR count). The second kappa shape index (κ2) is 10.3. The fourth-order valence-corrected chi connectivity index (χ4v) is 2.94. The van der Waals surface area contributed by atoms with Crippen LogP contribution >= 0.6 is 12.4 Å². The SMILES string of the molecule is CCCN(C(=O)CC1CCCN1)C(C)C(=O)Nc1ccccc1.Cl. The van der Waals surface area contributed by atoms with E-state index in [0.29, 0.717) is 13.0 Å².